The largest absolute Gasteiger partial charge is 0.481 e. The fourth-order valence-electron chi connectivity index (χ4n) is 2.97. The summed E-state index contributed by atoms with van der Waals surface area (Å²) >= 11 is 1.93. The first kappa shape index (κ1) is 15.4. The van der Waals surface area contributed by atoms with Crippen LogP contribution in [0.5, 0.6) is 5.88 Å². The lowest BCUT2D eigenvalue weighted by atomic mass is 9.95. The lowest BCUT2D eigenvalue weighted by molar-refractivity contribution is -0.135. The lowest BCUT2D eigenvalue weighted by Gasteiger charge is -2.35. The van der Waals surface area contributed by atoms with Crippen LogP contribution in [-0.4, -0.2) is 65.6 Å². The highest BCUT2D eigenvalue weighted by Crippen LogP contribution is 2.24. The van der Waals surface area contributed by atoms with Crippen molar-refractivity contribution in [1.29, 1.82) is 0 Å². The fraction of sp³-hybridized carbons (Fsp3) is 0.667. The van der Waals surface area contributed by atoms with E-state index in [9.17, 15) is 4.79 Å². The van der Waals surface area contributed by atoms with Gasteiger partial charge in [0, 0.05) is 55.9 Å². The normalized spacial score (nSPS) is 20.0. The van der Waals surface area contributed by atoms with Gasteiger partial charge in [-0.05, 0) is 12.8 Å². The van der Waals surface area contributed by atoms with Crippen LogP contribution in [0.3, 0.4) is 0 Å². The second-order valence-corrected chi connectivity index (χ2v) is 6.82. The third-order valence-corrected chi connectivity index (χ3v) is 5.22. The molecule has 1 aromatic heterocycles. The molecule has 0 atom stereocenters. The van der Waals surface area contributed by atoms with Crippen LogP contribution >= 0.6 is 11.8 Å². The predicted molar refractivity (Wildman–Crippen MR) is 87.4 cm³/mol. The molecule has 1 aromatic rings. The van der Waals surface area contributed by atoms with Crippen LogP contribution in [-0.2, 0) is 4.79 Å². The van der Waals surface area contributed by atoms with E-state index in [0.717, 1.165) is 50.5 Å². The molecule has 0 aromatic carbocycles. The van der Waals surface area contributed by atoms with Gasteiger partial charge in [0.15, 0.2) is 0 Å². The maximum Gasteiger partial charge on any atom is 0.228 e. The van der Waals surface area contributed by atoms with E-state index in [1.54, 1.807) is 19.4 Å². The maximum absolute atomic E-state index is 12.5. The van der Waals surface area contributed by atoms with E-state index in [0.29, 0.717) is 17.7 Å². The summed E-state index contributed by atoms with van der Waals surface area (Å²) in [6.45, 7) is 3.46. The van der Waals surface area contributed by atoms with Crippen LogP contribution in [0, 0.1) is 5.92 Å². The average molecular weight is 322 g/mol. The first-order valence-electron chi connectivity index (χ1n) is 7.76. The quantitative estimate of drug-likeness (QED) is 0.835. The van der Waals surface area contributed by atoms with Gasteiger partial charge in [-0.25, -0.2) is 4.98 Å². The Labute approximate surface area is 135 Å². The Kier molecular flexibility index (Phi) is 5.02. The van der Waals surface area contributed by atoms with Gasteiger partial charge in [0.25, 0.3) is 0 Å². The Morgan fingerprint density at radius 3 is 2.68 bits per heavy atom. The second-order valence-electron chi connectivity index (χ2n) is 5.60. The van der Waals surface area contributed by atoms with Gasteiger partial charge in [-0.15, -0.1) is 0 Å². The molecule has 0 aliphatic carbocycles. The Balaban J connectivity index is 1.56. The molecule has 2 aliphatic rings. The number of aromatic nitrogens is 2. The number of nitrogens with zero attached hydrogens (tertiary/aromatic N) is 4. The highest BCUT2D eigenvalue weighted by Gasteiger charge is 2.30. The monoisotopic (exact) mass is 322 g/mol. The second kappa shape index (κ2) is 7.17. The molecule has 0 saturated carbocycles. The average Bonchev–Trinajstić information content (AvgIpc) is 2.62. The molecule has 7 heteroatoms. The van der Waals surface area contributed by atoms with E-state index >= 15 is 0 Å². The van der Waals surface area contributed by atoms with Gasteiger partial charge in [0.1, 0.15) is 0 Å². The SMILES string of the molecule is COc1ccnc(N2CCC(C(=O)N3CCSCC3)CC2)n1. The lowest BCUT2D eigenvalue weighted by Crippen LogP contribution is -2.45. The molecule has 0 unspecified atom stereocenters. The van der Waals surface area contributed by atoms with Crippen LogP contribution < -0.4 is 9.64 Å². The highest BCUT2D eigenvalue weighted by molar-refractivity contribution is 7.99. The van der Waals surface area contributed by atoms with E-state index < -0.39 is 0 Å². The first-order valence-corrected chi connectivity index (χ1v) is 8.92. The zero-order valence-electron chi connectivity index (χ0n) is 12.9. The molecule has 3 rings (SSSR count). The molecular formula is C15H22N4O2S. The van der Waals surface area contributed by atoms with Crippen LogP contribution in [0.4, 0.5) is 5.95 Å². The van der Waals surface area contributed by atoms with Crippen LogP contribution in [0.2, 0.25) is 0 Å². The van der Waals surface area contributed by atoms with Crippen LogP contribution in [0.15, 0.2) is 12.3 Å². The van der Waals surface area contributed by atoms with Crippen LogP contribution in [0.25, 0.3) is 0 Å². The Hall–Kier alpha value is -1.50. The summed E-state index contributed by atoms with van der Waals surface area (Å²) in [5.41, 5.74) is 0. The molecule has 0 N–H and O–H groups in total. The number of amides is 1. The minimum Gasteiger partial charge on any atom is -0.481 e. The van der Waals surface area contributed by atoms with Crippen molar-refractivity contribution < 1.29 is 9.53 Å². The number of methoxy groups -OCH3 is 1. The zero-order valence-corrected chi connectivity index (χ0v) is 13.7. The first-order chi connectivity index (χ1) is 10.8. The number of hydrogen-bond donors (Lipinski definition) is 0. The van der Waals surface area contributed by atoms with Crippen molar-refractivity contribution in [2.45, 2.75) is 12.8 Å². The van der Waals surface area contributed by atoms with Crippen molar-refractivity contribution in [3.8, 4) is 5.88 Å². The van der Waals surface area contributed by atoms with Crippen molar-refractivity contribution in [1.82, 2.24) is 14.9 Å². The standard InChI is InChI=1S/C15H22N4O2S/c1-21-13-2-5-16-15(17-13)19-6-3-12(4-7-19)14(20)18-8-10-22-11-9-18/h2,5,12H,3-4,6-11H2,1H3. The molecule has 0 bridgehead atoms. The summed E-state index contributed by atoms with van der Waals surface area (Å²) in [5, 5.41) is 0. The molecule has 6 nitrogen and oxygen atoms in total. The van der Waals surface area contributed by atoms with Gasteiger partial charge in [0.05, 0.1) is 7.11 Å². The number of carbonyl (C=O) groups excluding carboxylic acids is 1. The summed E-state index contributed by atoms with van der Waals surface area (Å²) in [6.07, 6.45) is 3.47. The number of thioether (sulfide) groups is 1. The van der Waals surface area contributed by atoms with E-state index in [2.05, 4.69) is 14.9 Å². The topological polar surface area (TPSA) is 58.6 Å². The molecule has 2 saturated heterocycles. The Morgan fingerprint density at radius 2 is 2.00 bits per heavy atom. The molecule has 120 valence electrons. The predicted octanol–water partition coefficient (Wildman–Crippen LogP) is 1.28. The maximum atomic E-state index is 12.5. The van der Waals surface area contributed by atoms with Crippen molar-refractivity contribution >= 4 is 23.6 Å². The minimum absolute atomic E-state index is 0.157. The molecule has 22 heavy (non-hydrogen) atoms. The highest BCUT2D eigenvalue weighted by atomic mass is 32.2. The molecule has 0 radical (unpaired) electrons. The number of hydrogen-bond acceptors (Lipinski definition) is 6. The number of rotatable bonds is 3. The number of ether oxygens (including phenoxy) is 1. The van der Waals surface area contributed by atoms with Crippen molar-refractivity contribution in [3.05, 3.63) is 12.3 Å². The molecule has 2 aliphatic heterocycles. The number of carbonyl (C=O) groups is 1. The van der Waals surface area contributed by atoms with E-state index in [4.69, 9.17) is 4.74 Å². The fourth-order valence-corrected chi connectivity index (χ4v) is 3.87. The molecule has 0 spiro atoms. The molecular weight excluding hydrogens is 300 g/mol. The van der Waals surface area contributed by atoms with Crippen LogP contribution in [0.1, 0.15) is 12.8 Å². The minimum atomic E-state index is 0.157. The molecule has 1 amide bonds. The summed E-state index contributed by atoms with van der Waals surface area (Å²) in [4.78, 5) is 25.4. The van der Waals surface area contributed by atoms with E-state index in [-0.39, 0.29) is 5.92 Å². The third-order valence-electron chi connectivity index (χ3n) is 4.28. The van der Waals surface area contributed by atoms with E-state index in [1.807, 2.05) is 16.7 Å². The van der Waals surface area contributed by atoms with Gasteiger partial charge in [0.2, 0.25) is 17.7 Å². The smallest absolute Gasteiger partial charge is 0.228 e. The van der Waals surface area contributed by atoms with E-state index in [1.165, 1.54) is 0 Å². The van der Waals surface area contributed by atoms with Crippen molar-refractivity contribution in [3.63, 3.8) is 0 Å². The Morgan fingerprint density at radius 1 is 1.27 bits per heavy atom. The van der Waals surface area contributed by atoms with Crippen molar-refractivity contribution in [2.24, 2.45) is 5.92 Å². The summed E-state index contributed by atoms with van der Waals surface area (Å²) in [6, 6.07) is 1.74. The molecule has 2 fully saturated rings. The number of anilines is 1. The van der Waals surface area contributed by atoms with Gasteiger partial charge in [-0.2, -0.15) is 16.7 Å². The van der Waals surface area contributed by atoms with Crippen molar-refractivity contribution in [2.75, 3.05) is 49.7 Å². The van der Waals surface area contributed by atoms with Gasteiger partial charge >= 0.3 is 0 Å². The van der Waals surface area contributed by atoms with Gasteiger partial charge < -0.3 is 14.5 Å². The summed E-state index contributed by atoms with van der Waals surface area (Å²) in [5.74, 6) is 3.91. The third kappa shape index (κ3) is 3.45. The summed E-state index contributed by atoms with van der Waals surface area (Å²) in [7, 11) is 1.61. The Bertz CT molecular complexity index is 514. The van der Waals surface area contributed by atoms with Gasteiger partial charge in [-0.1, -0.05) is 0 Å². The number of piperidine rings is 1. The zero-order chi connectivity index (χ0) is 15.4. The molecule has 3 heterocycles. The summed E-state index contributed by atoms with van der Waals surface area (Å²) < 4.78 is 5.14. The van der Waals surface area contributed by atoms with Gasteiger partial charge in [-0.3, -0.25) is 4.79 Å².